The number of aliphatic hydroxyl groups is 1. The van der Waals surface area contributed by atoms with Crippen LogP contribution in [0.5, 0.6) is 0 Å². The average Bonchev–Trinajstić information content (AvgIpc) is 3.05. The van der Waals surface area contributed by atoms with Gasteiger partial charge in [-0.2, -0.15) is 0 Å². The predicted octanol–water partition coefficient (Wildman–Crippen LogP) is 1.45. The molecule has 17 heavy (non-hydrogen) atoms. The van der Waals surface area contributed by atoms with E-state index in [1.165, 1.54) is 25.7 Å². The van der Waals surface area contributed by atoms with Gasteiger partial charge in [0, 0.05) is 25.2 Å². The van der Waals surface area contributed by atoms with Crippen LogP contribution in [0.15, 0.2) is 0 Å². The molecule has 0 aromatic rings. The Morgan fingerprint density at radius 3 is 2.47 bits per heavy atom. The number of aliphatic hydroxyl groups excluding tert-OH is 1. The summed E-state index contributed by atoms with van der Waals surface area (Å²) in [5.41, 5.74) is 6.34. The topological polar surface area (TPSA) is 49.5 Å². The van der Waals surface area contributed by atoms with E-state index in [2.05, 4.69) is 18.7 Å². The Morgan fingerprint density at radius 1 is 1.24 bits per heavy atom. The Kier molecular flexibility index (Phi) is 4.45. The SMILES string of the molecule is CC1CC(C)C(CN(CCO)C2CC2)C(N)C1. The summed E-state index contributed by atoms with van der Waals surface area (Å²) in [6, 6.07) is 1.09. The van der Waals surface area contributed by atoms with E-state index in [0.717, 1.165) is 31.0 Å². The summed E-state index contributed by atoms with van der Waals surface area (Å²) in [7, 11) is 0. The van der Waals surface area contributed by atoms with Gasteiger partial charge in [-0.3, -0.25) is 4.90 Å². The highest BCUT2D eigenvalue weighted by molar-refractivity contribution is 4.91. The summed E-state index contributed by atoms with van der Waals surface area (Å²) in [6.45, 7) is 6.88. The molecule has 4 unspecified atom stereocenters. The van der Waals surface area contributed by atoms with E-state index in [0.29, 0.717) is 12.0 Å². The molecule has 0 heterocycles. The Labute approximate surface area is 105 Å². The average molecular weight is 240 g/mol. The van der Waals surface area contributed by atoms with Gasteiger partial charge >= 0.3 is 0 Å². The zero-order valence-electron chi connectivity index (χ0n) is 11.3. The zero-order chi connectivity index (χ0) is 12.4. The predicted molar refractivity (Wildman–Crippen MR) is 70.7 cm³/mol. The molecule has 2 saturated carbocycles. The lowest BCUT2D eigenvalue weighted by atomic mass is 9.72. The van der Waals surface area contributed by atoms with Crippen LogP contribution in [0.3, 0.4) is 0 Å². The van der Waals surface area contributed by atoms with Crippen LogP contribution in [0.1, 0.15) is 39.5 Å². The van der Waals surface area contributed by atoms with Crippen molar-refractivity contribution in [2.75, 3.05) is 19.7 Å². The molecule has 2 aliphatic carbocycles. The maximum absolute atomic E-state index is 9.14. The second-order valence-electron chi connectivity index (χ2n) is 6.33. The number of nitrogens with two attached hydrogens (primary N) is 1. The minimum Gasteiger partial charge on any atom is -0.395 e. The van der Waals surface area contributed by atoms with Crippen molar-refractivity contribution in [3.63, 3.8) is 0 Å². The van der Waals surface area contributed by atoms with Gasteiger partial charge in [0.05, 0.1) is 6.61 Å². The van der Waals surface area contributed by atoms with Crippen molar-refractivity contribution in [3.8, 4) is 0 Å². The summed E-state index contributed by atoms with van der Waals surface area (Å²) in [6.07, 6.45) is 5.11. The summed E-state index contributed by atoms with van der Waals surface area (Å²) in [5, 5.41) is 9.14. The Hall–Kier alpha value is -0.120. The molecule has 2 fully saturated rings. The van der Waals surface area contributed by atoms with E-state index in [1.807, 2.05) is 0 Å². The van der Waals surface area contributed by atoms with E-state index in [1.54, 1.807) is 0 Å². The number of nitrogens with zero attached hydrogens (tertiary/aromatic N) is 1. The molecular formula is C14H28N2O. The fraction of sp³-hybridized carbons (Fsp3) is 1.00. The van der Waals surface area contributed by atoms with Gasteiger partial charge in [0.15, 0.2) is 0 Å². The lowest BCUT2D eigenvalue weighted by molar-refractivity contribution is 0.100. The largest absolute Gasteiger partial charge is 0.395 e. The third kappa shape index (κ3) is 3.43. The normalized spacial score (nSPS) is 38.6. The number of rotatable bonds is 5. The highest BCUT2D eigenvalue weighted by Gasteiger charge is 2.36. The molecule has 0 aromatic heterocycles. The molecule has 100 valence electrons. The van der Waals surface area contributed by atoms with E-state index < -0.39 is 0 Å². The van der Waals surface area contributed by atoms with Gasteiger partial charge in [0.2, 0.25) is 0 Å². The van der Waals surface area contributed by atoms with Gasteiger partial charge in [-0.25, -0.2) is 0 Å². The third-order valence-electron chi connectivity index (χ3n) is 4.63. The van der Waals surface area contributed by atoms with Crippen molar-refractivity contribution in [2.45, 2.75) is 51.6 Å². The highest BCUT2D eigenvalue weighted by atomic mass is 16.3. The van der Waals surface area contributed by atoms with Crippen molar-refractivity contribution in [1.29, 1.82) is 0 Å². The summed E-state index contributed by atoms with van der Waals surface area (Å²) in [5.74, 6) is 2.13. The van der Waals surface area contributed by atoms with Crippen LogP contribution in [0.25, 0.3) is 0 Å². The Morgan fingerprint density at radius 2 is 1.94 bits per heavy atom. The lowest BCUT2D eigenvalue weighted by Crippen LogP contribution is -2.47. The Balaban J connectivity index is 1.90. The van der Waals surface area contributed by atoms with Crippen molar-refractivity contribution in [3.05, 3.63) is 0 Å². The fourth-order valence-electron chi connectivity index (χ4n) is 3.54. The molecule has 0 aromatic carbocycles. The quantitative estimate of drug-likeness (QED) is 0.765. The summed E-state index contributed by atoms with van der Waals surface area (Å²) >= 11 is 0. The first-order chi connectivity index (χ1) is 8.11. The van der Waals surface area contributed by atoms with Gasteiger partial charge in [0.25, 0.3) is 0 Å². The molecule has 3 heteroatoms. The molecule has 0 radical (unpaired) electrons. The van der Waals surface area contributed by atoms with Crippen LogP contribution in [0, 0.1) is 17.8 Å². The molecule has 2 aliphatic rings. The first-order valence-corrected chi connectivity index (χ1v) is 7.22. The molecule has 2 rings (SSSR count). The highest BCUT2D eigenvalue weighted by Crippen LogP contribution is 2.35. The number of hydrogen-bond acceptors (Lipinski definition) is 3. The molecular weight excluding hydrogens is 212 g/mol. The summed E-state index contributed by atoms with van der Waals surface area (Å²) in [4.78, 5) is 2.47. The van der Waals surface area contributed by atoms with Crippen molar-refractivity contribution in [1.82, 2.24) is 4.90 Å². The fourth-order valence-corrected chi connectivity index (χ4v) is 3.54. The minimum atomic E-state index is 0.281. The molecule has 4 atom stereocenters. The van der Waals surface area contributed by atoms with Crippen LogP contribution in [-0.2, 0) is 0 Å². The lowest BCUT2D eigenvalue weighted by Gasteiger charge is -2.40. The van der Waals surface area contributed by atoms with Gasteiger partial charge in [-0.05, 0) is 43.4 Å². The first-order valence-electron chi connectivity index (χ1n) is 7.22. The molecule has 0 spiro atoms. The molecule has 3 N–H and O–H groups in total. The third-order valence-corrected chi connectivity index (χ3v) is 4.63. The van der Waals surface area contributed by atoms with E-state index in [9.17, 15) is 0 Å². The standard InChI is InChI=1S/C14H28N2O/c1-10-7-11(2)13(14(15)8-10)9-16(5-6-17)12-3-4-12/h10-14,17H,3-9,15H2,1-2H3. The van der Waals surface area contributed by atoms with Gasteiger partial charge in [-0.15, -0.1) is 0 Å². The smallest absolute Gasteiger partial charge is 0.0558 e. The van der Waals surface area contributed by atoms with Gasteiger partial charge < -0.3 is 10.8 Å². The van der Waals surface area contributed by atoms with E-state index in [-0.39, 0.29) is 6.61 Å². The second kappa shape index (κ2) is 5.68. The molecule has 0 amide bonds. The summed E-state index contributed by atoms with van der Waals surface area (Å²) < 4.78 is 0. The van der Waals surface area contributed by atoms with Crippen LogP contribution >= 0.6 is 0 Å². The molecule has 0 aliphatic heterocycles. The second-order valence-corrected chi connectivity index (χ2v) is 6.33. The monoisotopic (exact) mass is 240 g/mol. The maximum Gasteiger partial charge on any atom is 0.0558 e. The molecule has 3 nitrogen and oxygen atoms in total. The van der Waals surface area contributed by atoms with Crippen LogP contribution in [-0.4, -0.2) is 41.8 Å². The van der Waals surface area contributed by atoms with E-state index in [4.69, 9.17) is 10.8 Å². The van der Waals surface area contributed by atoms with Crippen molar-refractivity contribution >= 4 is 0 Å². The Bertz CT molecular complexity index is 230. The zero-order valence-corrected chi connectivity index (χ0v) is 11.3. The van der Waals surface area contributed by atoms with Crippen molar-refractivity contribution < 1.29 is 5.11 Å². The van der Waals surface area contributed by atoms with Crippen LogP contribution in [0.4, 0.5) is 0 Å². The van der Waals surface area contributed by atoms with Crippen LogP contribution in [0.2, 0.25) is 0 Å². The van der Waals surface area contributed by atoms with Crippen molar-refractivity contribution in [2.24, 2.45) is 23.5 Å². The van der Waals surface area contributed by atoms with E-state index >= 15 is 0 Å². The molecule has 0 saturated heterocycles. The number of hydrogen-bond donors (Lipinski definition) is 2. The van der Waals surface area contributed by atoms with Crippen LogP contribution < -0.4 is 5.73 Å². The molecule has 0 bridgehead atoms. The first kappa shape index (κ1) is 13.3. The van der Waals surface area contributed by atoms with Gasteiger partial charge in [0.1, 0.15) is 0 Å². The van der Waals surface area contributed by atoms with Gasteiger partial charge in [-0.1, -0.05) is 13.8 Å². The minimum absolute atomic E-state index is 0.281. The maximum atomic E-state index is 9.14.